The van der Waals surface area contributed by atoms with Gasteiger partial charge in [-0.05, 0) is 38.5 Å². The van der Waals surface area contributed by atoms with Gasteiger partial charge in [-0.3, -0.25) is 4.79 Å². The van der Waals surface area contributed by atoms with Gasteiger partial charge in [0.15, 0.2) is 0 Å². The van der Waals surface area contributed by atoms with Crippen LogP contribution in [0.4, 0.5) is 0 Å². The van der Waals surface area contributed by atoms with E-state index in [0.717, 1.165) is 22.1 Å². The number of carbonyl (C=O) groups is 1. The molecule has 2 aliphatic rings. The van der Waals surface area contributed by atoms with Crippen molar-refractivity contribution in [2.24, 2.45) is 5.41 Å². The van der Waals surface area contributed by atoms with Crippen LogP contribution in [-0.2, 0) is 11.3 Å². The number of hydrogen-bond acceptors (Lipinski definition) is 4. The molecule has 1 amide bonds. The van der Waals surface area contributed by atoms with Gasteiger partial charge in [0.05, 0.1) is 12.3 Å². The van der Waals surface area contributed by atoms with E-state index >= 15 is 0 Å². The fraction of sp³-hybridized carbons (Fsp3) is 0.733. The first kappa shape index (κ1) is 14.0. The molecule has 1 aromatic rings. The first-order valence-corrected chi connectivity index (χ1v) is 8.12. The summed E-state index contributed by atoms with van der Waals surface area (Å²) in [7, 11) is 1.65. The summed E-state index contributed by atoms with van der Waals surface area (Å²) in [5, 5.41) is 0.888. The summed E-state index contributed by atoms with van der Waals surface area (Å²) in [6.45, 7) is 5.52. The third kappa shape index (κ3) is 2.27. The molecule has 1 saturated heterocycles. The fourth-order valence-corrected chi connectivity index (χ4v) is 4.59. The SMILES string of the molecule is COCc1nc(C)c(C(=O)N2CC3(CCC3)CC2C)s1. The maximum atomic E-state index is 12.8. The van der Waals surface area contributed by atoms with Crippen LogP contribution in [0, 0.1) is 12.3 Å². The number of amides is 1. The monoisotopic (exact) mass is 294 g/mol. The average molecular weight is 294 g/mol. The largest absolute Gasteiger partial charge is 0.378 e. The summed E-state index contributed by atoms with van der Waals surface area (Å²) in [5.41, 5.74) is 1.28. The number of hydrogen-bond donors (Lipinski definition) is 0. The second-order valence-electron chi connectivity index (χ2n) is 6.29. The molecule has 3 rings (SSSR count). The molecule has 0 N–H and O–H groups in total. The Bertz CT molecular complexity index is 522. The molecule has 1 saturated carbocycles. The fourth-order valence-electron chi connectivity index (χ4n) is 3.60. The van der Waals surface area contributed by atoms with Crippen LogP contribution in [0.5, 0.6) is 0 Å². The molecule has 0 aromatic carbocycles. The predicted octanol–water partition coefficient (Wildman–Crippen LogP) is 3.00. The summed E-state index contributed by atoms with van der Waals surface area (Å²) in [6.07, 6.45) is 5.07. The van der Waals surface area contributed by atoms with Crippen LogP contribution in [0.15, 0.2) is 0 Å². The minimum Gasteiger partial charge on any atom is -0.378 e. The van der Waals surface area contributed by atoms with E-state index in [2.05, 4.69) is 16.8 Å². The first-order chi connectivity index (χ1) is 9.54. The van der Waals surface area contributed by atoms with E-state index in [1.807, 2.05) is 6.92 Å². The van der Waals surface area contributed by atoms with Crippen molar-refractivity contribution >= 4 is 17.2 Å². The van der Waals surface area contributed by atoms with Crippen LogP contribution >= 0.6 is 11.3 Å². The zero-order chi connectivity index (χ0) is 14.3. The molecule has 1 aliphatic heterocycles. The van der Waals surface area contributed by atoms with Crippen molar-refractivity contribution in [3.05, 3.63) is 15.6 Å². The minimum atomic E-state index is 0.165. The van der Waals surface area contributed by atoms with Crippen molar-refractivity contribution < 1.29 is 9.53 Å². The van der Waals surface area contributed by atoms with Gasteiger partial charge in [-0.2, -0.15) is 0 Å². The van der Waals surface area contributed by atoms with E-state index in [9.17, 15) is 4.79 Å². The summed E-state index contributed by atoms with van der Waals surface area (Å²) >= 11 is 1.48. The summed E-state index contributed by atoms with van der Waals surface area (Å²) in [5.74, 6) is 0.165. The number of aromatic nitrogens is 1. The topological polar surface area (TPSA) is 42.4 Å². The normalized spacial score (nSPS) is 24.1. The van der Waals surface area contributed by atoms with Gasteiger partial charge >= 0.3 is 0 Å². The summed E-state index contributed by atoms with van der Waals surface area (Å²) in [4.78, 5) is 20.1. The van der Waals surface area contributed by atoms with Gasteiger partial charge in [0, 0.05) is 19.7 Å². The molecule has 4 nitrogen and oxygen atoms in total. The second kappa shape index (κ2) is 5.11. The van der Waals surface area contributed by atoms with Gasteiger partial charge in [0.25, 0.3) is 5.91 Å². The van der Waals surface area contributed by atoms with Gasteiger partial charge in [0.2, 0.25) is 0 Å². The number of methoxy groups -OCH3 is 1. The van der Waals surface area contributed by atoms with E-state index in [4.69, 9.17) is 4.74 Å². The predicted molar refractivity (Wildman–Crippen MR) is 79.0 cm³/mol. The Morgan fingerprint density at radius 1 is 1.55 bits per heavy atom. The second-order valence-corrected chi connectivity index (χ2v) is 7.38. The molecule has 2 heterocycles. The number of likely N-dealkylation sites (tertiary alicyclic amines) is 1. The molecule has 1 spiro atoms. The molecule has 110 valence electrons. The number of nitrogens with zero attached hydrogens (tertiary/aromatic N) is 2. The van der Waals surface area contributed by atoms with Gasteiger partial charge in [-0.15, -0.1) is 11.3 Å². The van der Waals surface area contributed by atoms with E-state index in [-0.39, 0.29) is 5.91 Å². The molecule has 1 aromatic heterocycles. The third-order valence-corrected chi connectivity index (χ3v) is 5.86. The highest BCUT2D eigenvalue weighted by molar-refractivity contribution is 7.13. The van der Waals surface area contributed by atoms with Crippen molar-refractivity contribution in [1.82, 2.24) is 9.88 Å². The van der Waals surface area contributed by atoms with Crippen molar-refractivity contribution in [3.63, 3.8) is 0 Å². The number of rotatable bonds is 3. The van der Waals surface area contributed by atoms with Crippen LogP contribution in [0.1, 0.15) is 53.0 Å². The van der Waals surface area contributed by atoms with E-state index in [1.54, 1.807) is 7.11 Å². The molecule has 5 heteroatoms. The van der Waals surface area contributed by atoms with Crippen molar-refractivity contribution in [1.29, 1.82) is 0 Å². The third-order valence-electron chi connectivity index (χ3n) is 4.74. The number of thiazole rings is 1. The van der Waals surface area contributed by atoms with Crippen molar-refractivity contribution in [2.45, 2.75) is 52.2 Å². The molecule has 2 fully saturated rings. The zero-order valence-corrected chi connectivity index (χ0v) is 13.3. The van der Waals surface area contributed by atoms with Crippen LogP contribution in [0.3, 0.4) is 0 Å². The van der Waals surface area contributed by atoms with Crippen LogP contribution in [-0.4, -0.2) is 35.5 Å². The lowest BCUT2D eigenvalue weighted by Crippen LogP contribution is -2.37. The summed E-state index contributed by atoms with van der Waals surface area (Å²) in [6, 6.07) is 0.357. The average Bonchev–Trinajstić information content (AvgIpc) is 2.90. The lowest BCUT2D eigenvalue weighted by Gasteiger charge is -2.37. The number of aryl methyl sites for hydroxylation is 1. The van der Waals surface area contributed by atoms with E-state index in [1.165, 1.54) is 37.0 Å². The maximum absolute atomic E-state index is 12.8. The number of ether oxygens (including phenoxy) is 1. The van der Waals surface area contributed by atoms with Crippen molar-refractivity contribution in [3.8, 4) is 0 Å². The molecule has 0 bridgehead atoms. The van der Waals surface area contributed by atoms with Gasteiger partial charge in [-0.1, -0.05) is 6.42 Å². The highest BCUT2D eigenvalue weighted by Crippen LogP contribution is 2.50. The lowest BCUT2D eigenvalue weighted by molar-refractivity contribution is 0.0704. The molecule has 1 unspecified atom stereocenters. The van der Waals surface area contributed by atoms with Gasteiger partial charge < -0.3 is 9.64 Å². The Kier molecular flexibility index (Phi) is 3.58. The molecular weight excluding hydrogens is 272 g/mol. The van der Waals surface area contributed by atoms with Gasteiger partial charge in [0.1, 0.15) is 9.88 Å². The maximum Gasteiger partial charge on any atom is 0.266 e. The standard InChI is InChI=1S/C15H22N2O2S/c1-10-7-15(5-4-6-15)9-17(10)14(18)13-11(2)16-12(20-13)8-19-3/h10H,4-9H2,1-3H3. The zero-order valence-electron chi connectivity index (χ0n) is 12.4. The molecule has 1 atom stereocenters. The molecule has 0 radical (unpaired) electrons. The van der Waals surface area contributed by atoms with Crippen molar-refractivity contribution in [2.75, 3.05) is 13.7 Å². The quantitative estimate of drug-likeness (QED) is 0.860. The molecular formula is C15H22N2O2S. The Balaban J connectivity index is 1.78. The summed E-state index contributed by atoms with van der Waals surface area (Å²) < 4.78 is 5.11. The Morgan fingerprint density at radius 2 is 2.30 bits per heavy atom. The molecule has 20 heavy (non-hydrogen) atoms. The van der Waals surface area contributed by atoms with E-state index < -0.39 is 0 Å². The first-order valence-electron chi connectivity index (χ1n) is 7.31. The molecule has 1 aliphatic carbocycles. The minimum absolute atomic E-state index is 0.165. The lowest BCUT2D eigenvalue weighted by atomic mass is 9.68. The Morgan fingerprint density at radius 3 is 2.85 bits per heavy atom. The van der Waals surface area contributed by atoms with E-state index in [0.29, 0.717) is 18.1 Å². The van der Waals surface area contributed by atoms with Crippen LogP contribution in [0.2, 0.25) is 0 Å². The van der Waals surface area contributed by atoms with Crippen LogP contribution in [0.25, 0.3) is 0 Å². The highest BCUT2D eigenvalue weighted by Gasteiger charge is 2.47. The Hall–Kier alpha value is -0.940. The highest BCUT2D eigenvalue weighted by atomic mass is 32.1. The van der Waals surface area contributed by atoms with Crippen LogP contribution < -0.4 is 0 Å². The Labute approximate surface area is 124 Å². The van der Waals surface area contributed by atoms with Gasteiger partial charge in [-0.25, -0.2) is 4.98 Å². The number of carbonyl (C=O) groups excluding carboxylic acids is 1. The smallest absolute Gasteiger partial charge is 0.266 e.